The lowest BCUT2D eigenvalue weighted by Crippen LogP contribution is -2.15. The molecule has 1 amide bonds. The van der Waals surface area contributed by atoms with E-state index < -0.39 is 0 Å². The Balaban J connectivity index is 1.51. The van der Waals surface area contributed by atoms with Crippen LogP contribution in [0.5, 0.6) is 0 Å². The molecule has 0 fully saturated rings. The van der Waals surface area contributed by atoms with Crippen molar-refractivity contribution in [1.29, 1.82) is 0 Å². The average molecular weight is 485 g/mol. The van der Waals surface area contributed by atoms with Crippen LogP contribution < -0.4 is 5.32 Å². The monoisotopic (exact) mass is 484 g/mol. The van der Waals surface area contributed by atoms with E-state index in [9.17, 15) is 9.59 Å². The summed E-state index contributed by atoms with van der Waals surface area (Å²) in [6.07, 6.45) is 0.774. The molecule has 0 radical (unpaired) electrons. The van der Waals surface area contributed by atoms with E-state index >= 15 is 0 Å². The van der Waals surface area contributed by atoms with E-state index in [0.717, 1.165) is 23.9 Å². The maximum atomic E-state index is 12.4. The lowest BCUT2D eigenvalue weighted by atomic mass is 10.2. The summed E-state index contributed by atoms with van der Waals surface area (Å²) in [6.45, 7) is 7.18. The lowest BCUT2D eigenvalue weighted by Gasteiger charge is -2.08. The number of benzene rings is 2. The molecule has 0 saturated heterocycles. The predicted octanol–water partition coefficient (Wildman–Crippen LogP) is 5.20. The van der Waals surface area contributed by atoms with Crippen molar-refractivity contribution >= 4 is 41.1 Å². The van der Waals surface area contributed by atoms with Crippen molar-refractivity contribution < 1.29 is 14.3 Å². The Labute approximate surface area is 202 Å². The number of ether oxygens (including phenoxy) is 1. The standard InChI is InChI=1S/C24H28N4O3S2/c1-4-14-31-23(30)18-8-10-19(11-9-18)25-22(29)16-33-24-27-26-21(28(24)5-2)15-32-20-12-6-17(3)7-13-20/h6-13H,4-5,14-16H2,1-3H3,(H,25,29). The van der Waals surface area contributed by atoms with Gasteiger partial charge in [-0.2, -0.15) is 0 Å². The molecule has 7 nitrogen and oxygen atoms in total. The molecule has 0 saturated carbocycles. The second-order valence-electron chi connectivity index (χ2n) is 7.29. The zero-order valence-electron chi connectivity index (χ0n) is 19.0. The van der Waals surface area contributed by atoms with E-state index in [1.54, 1.807) is 36.0 Å². The number of esters is 1. The van der Waals surface area contributed by atoms with Crippen LogP contribution in [0.25, 0.3) is 0 Å². The number of rotatable bonds is 11. The molecule has 0 unspecified atom stereocenters. The number of carbonyl (C=O) groups excluding carboxylic acids is 2. The molecule has 3 aromatic rings. The van der Waals surface area contributed by atoms with Crippen LogP contribution in [-0.2, 0) is 21.8 Å². The summed E-state index contributed by atoms with van der Waals surface area (Å²) in [5, 5.41) is 12.2. The normalized spacial score (nSPS) is 10.8. The number of aromatic nitrogens is 3. The highest BCUT2D eigenvalue weighted by molar-refractivity contribution is 7.99. The third kappa shape index (κ3) is 7.36. The first-order valence-corrected chi connectivity index (χ1v) is 12.8. The van der Waals surface area contributed by atoms with Crippen LogP contribution in [0.15, 0.2) is 58.6 Å². The van der Waals surface area contributed by atoms with E-state index in [0.29, 0.717) is 23.6 Å². The number of nitrogens with one attached hydrogen (secondary N) is 1. The van der Waals surface area contributed by atoms with Gasteiger partial charge in [0.05, 0.1) is 23.7 Å². The van der Waals surface area contributed by atoms with E-state index in [-0.39, 0.29) is 17.6 Å². The Kier molecular flexibility index (Phi) is 9.38. The van der Waals surface area contributed by atoms with Gasteiger partial charge in [-0.3, -0.25) is 4.79 Å². The molecule has 33 heavy (non-hydrogen) atoms. The van der Waals surface area contributed by atoms with Crippen molar-refractivity contribution in [3.8, 4) is 0 Å². The first-order valence-electron chi connectivity index (χ1n) is 10.8. The molecule has 0 aliphatic rings. The second-order valence-corrected chi connectivity index (χ2v) is 9.29. The quantitative estimate of drug-likeness (QED) is 0.296. The average Bonchev–Trinajstić information content (AvgIpc) is 3.23. The topological polar surface area (TPSA) is 86.1 Å². The van der Waals surface area contributed by atoms with Gasteiger partial charge in [-0.15, -0.1) is 22.0 Å². The first-order chi connectivity index (χ1) is 16.0. The van der Waals surface area contributed by atoms with Gasteiger partial charge in [-0.1, -0.05) is 36.4 Å². The molecule has 0 aliphatic carbocycles. The molecule has 1 N–H and O–H groups in total. The lowest BCUT2D eigenvalue weighted by molar-refractivity contribution is -0.113. The van der Waals surface area contributed by atoms with Crippen molar-refractivity contribution in [2.45, 2.75) is 49.5 Å². The molecule has 174 valence electrons. The zero-order chi connectivity index (χ0) is 23.6. The van der Waals surface area contributed by atoms with Crippen LogP contribution in [-0.4, -0.2) is 39.0 Å². The molecule has 0 spiro atoms. The maximum Gasteiger partial charge on any atom is 0.338 e. The number of aryl methyl sites for hydroxylation is 1. The van der Waals surface area contributed by atoms with E-state index in [4.69, 9.17) is 4.74 Å². The minimum Gasteiger partial charge on any atom is -0.462 e. The van der Waals surface area contributed by atoms with Crippen LogP contribution in [0.1, 0.15) is 42.0 Å². The fourth-order valence-electron chi connectivity index (χ4n) is 2.93. The highest BCUT2D eigenvalue weighted by Crippen LogP contribution is 2.25. The molecule has 0 bridgehead atoms. The van der Waals surface area contributed by atoms with E-state index in [1.165, 1.54) is 22.2 Å². The Bertz CT molecular complexity index is 1070. The van der Waals surface area contributed by atoms with Crippen LogP contribution in [0, 0.1) is 6.92 Å². The van der Waals surface area contributed by atoms with Crippen LogP contribution in [0.4, 0.5) is 5.69 Å². The van der Waals surface area contributed by atoms with Gasteiger partial charge in [0.1, 0.15) is 5.82 Å². The largest absolute Gasteiger partial charge is 0.462 e. The Morgan fingerprint density at radius 2 is 1.73 bits per heavy atom. The summed E-state index contributed by atoms with van der Waals surface area (Å²) in [5.41, 5.74) is 2.32. The third-order valence-corrected chi connectivity index (χ3v) is 6.65. The number of carbonyl (C=O) groups is 2. The van der Waals surface area contributed by atoms with Crippen LogP contribution >= 0.6 is 23.5 Å². The molecule has 3 rings (SSSR count). The Hall–Kier alpha value is -2.78. The van der Waals surface area contributed by atoms with Crippen molar-refractivity contribution in [2.75, 3.05) is 17.7 Å². The van der Waals surface area contributed by atoms with E-state index in [1.807, 2.05) is 18.4 Å². The highest BCUT2D eigenvalue weighted by atomic mass is 32.2. The van der Waals surface area contributed by atoms with Crippen molar-refractivity contribution in [1.82, 2.24) is 14.8 Å². The molecule has 1 heterocycles. The van der Waals surface area contributed by atoms with Crippen LogP contribution in [0.3, 0.4) is 0 Å². The molecule has 0 aliphatic heterocycles. The van der Waals surface area contributed by atoms with Gasteiger partial charge in [-0.25, -0.2) is 4.79 Å². The highest BCUT2D eigenvalue weighted by Gasteiger charge is 2.14. The Morgan fingerprint density at radius 3 is 2.39 bits per heavy atom. The molecule has 1 aromatic heterocycles. The number of hydrogen-bond acceptors (Lipinski definition) is 7. The summed E-state index contributed by atoms with van der Waals surface area (Å²) in [6, 6.07) is 15.1. The fourth-order valence-corrected chi connectivity index (χ4v) is 4.59. The summed E-state index contributed by atoms with van der Waals surface area (Å²) in [5.74, 6) is 1.30. The number of thioether (sulfide) groups is 2. The van der Waals surface area contributed by atoms with Crippen molar-refractivity contribution in [3.63, 3.8) is 0 Å². The molecule has 2 aromatic carbocycles. The van der Waals surface area contributed by atoms with Gasteiger partial charge < -0.3 is 14.6 Å². The summed E-state index contributed by atoms with van der Waals surface area (Å²) >= 11 is 3.07. The predicted molar refractivity (Wildman–Crippen MR) is 133 cm³/mol. The third-order valence-electron chi connectivity index (χ3n) is 4.67. The smallest absolute Gasteiger partial charge is 0.338 e. The molecular formula is C24H28N4O3S2. The zero-order valence-corrected chi connectivity index (χ0v) is 20.7. The maximum absolute atomic E-state index is 12.4. The second kappa shape index (κ2) is 12.5. The number of nitrogens with zero attached hydrogens (tertiary/aromatic N) is 3. The fraction of sp³-hybridized carbons (Fsp3) is 0.333. The molecule has 9 heteroatoms. The van der Waals surface area contributed by atoms with Gasteiger partial charge in [0, 0.05) is 17.1 Å². The van der Waals surface area contributed by atoms with Gasteiger partial charge in [0.2, 0.25) is 5.91 Å². The minimum atomic E-state index is -0.361. The van der Waals surface area contributed by atoms with Crippen molar-refractivity contribution in [2.24, 2.45) is 0 Å². The van der Waals surface area contributed by atoms with Gasteiger partial charge >= 0.3 is 5.97 Å². The minimum absolute atomic E-state index is 0.150. The van der Waals surface area contributed by atoms with Crippen LogP contribution in [0.2, 0.25) is 0 Å². The number of anilines is 1. The summed E-state index contributed by atoms with van der Waals surface area (Å²) < 4.78 is 7.15. The van der Waals surface area contributed by atoms with Gasteiger partial charge in [-0.05, 0) is 56.7 Å². The summed E-state index contributed by atoms with van der Waals surface area (Å²) in [4.78, 5) is 25.5. The summed E-state index contributed by atoms with van der Waals surface area (Å²) in [7, 11) is 0. The number of amides is 1. The number of hydrogen-bond donors (Lipinski definition) is 1. The molecule has 0 atom stereocenters. The van der Waals surface area contributed by atoms with E-state index in [2.05, 4.69) is 46.7 Å². The SMILES string of the molecule is CCCOC(=O)c1ccc(NC(=O)CSc2nnc(CSc3ccc(C)cc3)n2CC)cc1. The van der Waals surface area contributed by atoms with Gasteiger partial charge in [0.25, 0.3) is 0 Å². The molecular weight excluding hydrogens is 456 g/mol. The van der Waals surface area contributed by atoms with Crippen molar-refractivity contribution in [3.05, 3.63) is 65.5 Å². The Morgan fingerprint density at radius 1 is 1.00 bits per heavy atom. The van der Waals surface area contributed by atoms with Gasteiger partial charge in [0.15, 0.2) is 5.16 Å². The first kappa shape index (κ1) is 24.9.